The van der Waals surface area contributed by atoms with Crippen molar-refractivity contribution in [3.8, 4) is 0 Å². The first-order valence-corrected chi connectivity index (χ1v) is 8.39. The van der Waals surface area contributed by atoms with E-state index in [1.165, 1.54) is 0 Å². The Morgan fingerprint density at radius 3 is 2.29 bits per heavy atom. The first-order chi connectivity index (χ1) is 11.1. The summed E-state index contributed by atoms with van der Waals surface area (Å²) < 4.78 is 0. The zero-order chi connectivity index (χ0) is 16.4. The predicted molar refractivity (Wildman–Crippen MR) is 96.4 cm³/mol. The summed E-state index contributed by atoms with van der Waals surface area (Å²) in [5.41, 5.74) is 0.732. The highest BCUT2D eigenvalue weighted by atomic mass is 35.5. The second-order valence-corrected chi connectivity index (χ2v) is 6.62. The molecule has 0 aliphatic carbocycles. The van der Waals surface area contributed by atoms with Gasteiger partial charge in [0.2, 0.25) is 5.91 Å². The van der Waals surface area contributed by atoms with Crippen LogP contribution in [-0.4, -0.2) is 60.4 Å². The molecule has 1 aromatic carbocycles. The van der Waals surface area contributed by atoms with Gasteiger partial charge in [0.25, 0.3) is 5.91 Å². The summed E-state index contributed by atoms with van der Waals surface area (Å²) in [7, 11) is 3.70. The molecule has 0 saturated carbocycles. The number of likely N-dealkylation sites (N-methyl/N-ethyl adjacent to an activating group) is 1. The van der Waals surface area contributed by atoms with Crippen LogP contribution in [0.3, 0.4) is 0 Å². The second kappa shape index (κ2) is 7.99. The second-order valence-electron chi connectivity index (χ2n) is 6.62. The summed E-state index contributed by atoms with van der Waals surface area (Å²) in [6.45, 7) is 0.399. The average molecular weight is 352 g/mol. The molecule has 2 bridgehead atoms. The van der Waals surface area contributed by atoms with Crippen molar-refractivity contribution in [1.82, 2.24) is 15.1 Å². The molecule has 2 amide bonds. The number of nitrogens with zero attached hydrogens (tertiary/aromatic N) is 2. The third-order valence-electron chi connectivity index (χ3n) is 5.21. The number of fused-ring (bicyclic) bond motifs is 2. The largest absolute Gasteiger partial charge is 0.339 e. The van der Waals surface area contributed by atoms with Gasteiger partial charge in [-0.15, -0.1) is 12.4 Å². The number of hydrogen-bond acceptors (Lipinski definition) is 3. The van der Waals surface area contributed by atoms with E-state index in [0.717, 1.165) is 31.2 Å². The van der Waals surface area contributed by atoms with E-state index < -0.39 is 0 Å². The summed E-state index contributed by atoms with van der Waals surface area (Å²) in [6.07, 6.45) is 3.90. The maximum Gasteiger partial charge on any atom is 0.253 e. The molecular weight excluding hydrogens is 326 g/mol. The molecule has 2 aliphatic heterocycles. The van der Waals surface area contributed by atoms with Crippen LogP contribution in [0.1, 0.15) is 36.0 Å². The Balaban J connectivity index is 0.00000208. The molecule has 2 unspecified atom stereocenters. The highest BCUT2D eigenvalue weighted by Crippen LogP contribution is 2.37. The van der Waals surface area contributed by atoms with Gasteiger partial charge in [0.1, 0.15) is 0 Å². The molecule has 2 atom stereocenters. The van der Waals surface area contributed by atoms with Crippen LogP contribution in [0.25, 0.3) is 0 Å². The Kier molecular flexibility index (Phi) is 6.24. The number of hydrogen-bond donors (Lipinski definition) is 1. The van der Waals surface area contributed by atoms with Gasteiger partial charge in [-0.2, -0.15) is 0 Å². The Bertz CT molecular complexity index is 567. The lowest BCUT2D eigenvalue weighted by Gasteiger charge is -2.42. The molecule has 6 heteroatoms. The van der Waals surface area contributed by atoms with E-state index in [1.54, 1.807) is 7.05 Å². The van der Waals surface area contributed by atoms with E-state index in [9.17, 15) is 9.59 Å². The lowest BCUT2D eigenvalue weighted by Crippen LogP contribution is -2.54. The van der Waals surface area contributed by atoms with E-state index in [-0.39, 0.29) is 42.3 Å². The maximum atomic E-state index is 12.6. The maximum absolute atomic E-state index is 12.6. The molecule has 24 heavy (non-hydrogen) atoms. The topological polar surface area (TPSA) is 52.7 Å². The third-order valence-corrected chi connectivity index (χ3v) is 5.21. The number of piperidine rings is 1. The van der Waals surface area contributed by atoms with Gasteiger partial charge in [-0.25, -0.2) is 0 Å². The molecule has 0 radical (unpaired) electrons. The summed E-state index contributed by atoms with van der Waals surface area (Å²) in [6, 6.07) is 10.2. The fourth-order valence-corrected chi connectivity index (χ4v) is 4.06. The minimum atomic E-state index is 0. The Morgan fingerprint density at radius 1 is 1.17 bits per heavy atom. The minimum Gasteiger partial charge on any atom is -0.339 e. The summed E-state index contributed by atoms with van der Waals surface area (Å²) in [5.74, 6) is 0.264. The quantitative estimate of drug-likeness (QED) is 0.901. The Hall–Kier alpha value is -1.59. The molecule has 3 rings (SSSR count). The Morgan fingerprint density at radius 2 is 1.75 bits per heavy atom. The number of benzene rings is 1. The van der Waals surface area contributed by atoms with Crippen molar-refractivity contribution >= 4 is 24.2 Å². The average Bonchev–Trinajstić information content (AvgIpc) is 2.84. The molecule has 2 saturated heterocycles. The van der Waals surface area contributed by atoms with Gasteiger partial charge in [-0.3, -0.25) is 9.59 Å². The van der Waals surface area contributed by atoms with E-state index >= 15 is 0 Å². The highest BCUT2D eigenvalue weighted by molar-refractivity contribution is 5.94. The number of rotatable bonds is 4. The number of nitrogens with one attached hydrogen (secondary N) is 1. The molecule has 1 aromatic rings. The van der Waals surface area contributed by atoms with E-state index in [2.05, 4.69) is 10.2 Å². The molecule has 0 aromatic heterocycles. The zero-order valence-corrected chi connectivity index (χ0v) is 15.1. The summed E-state index contributed by atoms with van der Waals surface area (Å²) >= 11 is 0. The summed E-state index contributed by atoms with van der Waals surface area (Å²) in [5, 5.41) is 2.95. The molecule has 132 valence electrons. The Labute approximate surface area is 149 Å². The van der Waals surface area contributed by atoms with Crippen LogP contribution in [-0.2, 0) is 4.79 Å². The lowest BCUT2D eigenvalue weighted by atomic mass is 9.95. The van der Waals surface area contributed by atoms with Crippen molar-refractivity contribution in [1.29, 1.82) is 0 Å². The third kappa shape index (κ3) is 3.57. The minimum absolute atomic E-state index is 0. The number of carbonyl (C=O) groups is 2. The first-order valence-electron chi connectivity index (χ1n) is 8.39. The SMILES string of the molecule is CNCC(=O)N1C2CCC1CC(N(C)C(=O)c1ccccc1)C2.Cl. The van der Waals surface area contributed by atoms with Crippen LogP contribution < -0.4 is 5.32 Å². The summed E-state index contributed by atoms with van der Waals surface area (Å²) in [4.78, 5) is 28.8. The van der Waals surface area contributed by atoms with Crippen molar-refractivity contribution < 1.29 is 9.59 Å². The van der Waals surface area contributed by atoms with E-state index in [0.29, 0.717) is 6.54 Å². The van der Waals surface area contributed by atoms with E-state index in [1.807, 2.05) is 42.3 Å². The standard InChI is InChI=1S/C18H25N3O2.ClH/c1-19-12-17(22)21-14-8-9-15(21)11-16(10-14)20(2)18(23)13-6-4-3-5-7-13;/h3-7,14-16,19H,8-12H2,1-2H3;1H. The van der Waals surface area contributed by atoms with Crippen LogP contribution in [0.15, 0.2) is 30.3 Å². The molecule has 1 N–H and O–H groups in total. The van der Waals surface area contributed by atoms with Crippen LogP contribution in [0, 0.1) is 0 Å². The number of amides is 2. The molecule has 2 heterocycles. The molecule has 0 spiro atoms. The fraction of sp³-hybridized carbons (Fsp3) is 0.556. The van der Waals surface area contributed by atoms with Crippen molar-refractivity contribution in [3.63, 3.8) is 0 Å². The van der Waals surface area contributed by atoms with Crippen molar-refractivity contribution in [3.05, 3.63) is 35.9 Å². The van der Waals surface area contributed by atoms with Crippen LogP contribution in [0.5, 0.6) is 0 Å². The first kappa shape index (κ1) is 18.7. The number of carbonyl (C=O) groups excluding carboxylic acids is 2. The molecular formula is C18H26ClN3O2. The van der Waals surface area contributed by atoms with Gasteiger partial charge >= 0.3 is 0 Å². The van der Waals surface area contributed by atoms with Gasteiger partial charge < -0.3 is 15.1 Å². The smallest absolute Gasteiger partial charge is 0.253 e. The van der Waals surface area contributed by atoms with Crippen LogP contribution >= 0.6 is 12.4 Å². The zero-order valence-electron chi connectivity index (χ0n) is 14.3. The van der Waals surface area contributed by atoms with Gasteiger partial charge in [-0.1, -0.05) is 18.2 Å². The molecule has 2 fully saturated rings. The lowest BCUT2D eigenvalue weighted by molar-refractivity contribution is -0.135. The predicted octanol–water partition coefficient (Wildman–Crippen LogP) is 1.92. The number of halogens is 1. The van der Waals surface area contributed by atoms with Crippen molar-refractivity contribution in [2.45, 2.75) is 43.8 Å². The molecule has 2 aliphatic rings. The molecule has 5 nitrogen and oxygen atoms in total. The van der Waals surface area contributed by atoms with E-state index in [4.69, 9.17) is 0 Å². The van der Waals surface area contributed by atoms with Crippen LogP contribution in [0.2, 0.25) is 0 Å². The normalized spacial score (nSPS) is 25.1. The highest BCUT2D eigenvalue weighted by Gasteiger charge is 2.44. The van der Waals surface area contributed by atoms with Crippen molar-refractivity contribution in [2.75, 3.05) is 20.6 Å². The van der Waals surface area contributed by atoms with Gasteiger partial charge in [-0.05, 0) is 44.9 Å². The van der Waals surface area contributed by atoms with Gasteiger partial charge in [0.15, 0.2) is 0 Å². The van der Waals surface area contributed by atoms with Gasteiger partial charge in [0, 0.05) is 30.7 Å². The van der Waals surface area contributed by atoms with Crippen LogP contribution in [0.4, 0.5) is 0 Å². The van der Waals surface area contributed by atoms with Gasteiger partial charge in [0.05, 0.1) is 6.54 Å². The van der Waals surface area contributed by atoms with Crippen molar-refractivity contribution in [2.24, 2.45) is 0 Å². The fourth-order valence-electron chi connectivity index (χ4n) is 4.06. The monoisotopic (exact) mass is 351 g/mol.